The highest BCUT2D eigenvalue weighted by atomic mass is 16.2. The molecule has 3 fully saturated rings. The first-order valence-corrected chi connectivity index (χ1v) is 10.5. The van der Waals surface area contributed by atoms with E-state index in [-0.39, 0.29) is 11.8 Å². The van der Waals surface area contributed by atoms with Crippen LogP contribution in [0.5, 0.6) is 0 Å². The Morgan fingerprint density at radius 3 is 2.00 bits per heavy atom. The summed E-state index contributed by atoms with van der Waals surface area (Å²) >= 11 is 0. The number of nitrogens with one attached hydrogen (secondary N) is 1. The first kappa shape index (κ1) is 18.7. The molecule has 1 aliphatic carbocycles. The first-order chi connectivity index (χ1) is 12.2. The van der Waals surface area contributed by atoms with E-state index < -0.39 is 0 Å². The van der Waals surface area contributed by atoms with Crippen molar-refractivity contribution in [2.45, 2.75) is 76.7 Å². The van der Waals surface area contributed by atoms with Gasteiger partial charge in [0.15, 0.2) is 0 Å². The van der Waals surface area contributed by atoms with Crippen LogP contribution >= 0.6 is 0 Å². The van der Waals surface area contributed by atoms with Crippen molar-refractivity contribution in [2.75, 3.05) is 32.7 Å². The molecule has 2 amide bonds. The van der Waals surface area contributed by atoms with Gasteiger partial charge >= 0.3 is 0 Å². The Balaban J connectivity index is 1.36. The van der Waals surface area contributed by atoms with E-state index in [1.165, 1.54) is 32.1 Å². The number of nitrogens with zero attached hydrogens (tertiary/aromatic N) is 2. The maximum absolute atomic E-state index is 12.5. The zero-order chi connectivity index (χ0) is 17.5. The Kier molecular flexibility index (Phi) is 7.14. The summed E-state index contributed by atoms with van der Waals surface area (Å²) in [5, 5.41) is 3.27. The van der Waals surface area contributed by atoms with Crippen LogP contribution in [0.4, 0.5) is 0 Å². The van der Waals surface area contributed by atoms with Gasteiger partial charge in [-0.05, 0) is 38.5 Å². The van der Waals surface area contributed by atoms with E-state index in [2.05, 4.69) is 15.1 Å². The predicted octanol–water partition coefficient (Wildman–Crippen LogP) is 2.55. The zero-order valence-electron chi connectivity index (χ0n) is 15.7. The molecule has 0 aromatic carbocycles. The van der Waals surface area contributed by atoms with Gasteiger partial charge in [-0.25, -0.2) is 0 Å². The van der Waals surface area contributed by atoms with Crippen LogP contribution < -0.4 is 5.32 Å². The number of carbonyl (C=O) groups is 2. The van der Waals surface area contributed by atoms with Gasteiger partial charge < -0.3 is 10.2 Å². The quantitative estimate of drug-likeness (QED) is 0.849. The molecule has 0 aromatic rings. The maximum atomic E-state index is 12.5. The van der Waals surface area contributed by atoms with Crippen molar-refractivity contribution >= 4 is 11.8 Å². The molecule has 0 radical (unpaired) electrons. The van der Waals surface area contributed by atoms with E-state index in [1.54, 1.807) is 0 Å². The monoisotopic (exact) mass is 349 g/mol. The largest absolute Gasteiger partial charge is 0.353 e. The molecule has 2 heterocycles. The molecule has 0 unspecified atom stereocenters. The molecule has 25 heavy (non-hydrogen) atoms. The molecule has 2 saturated heterocycles. The van der Waals surface area contributed by atoms with Gasteiger partial charge in [-0.3, -0.25) is 14.5 Å². The number of carbonyl (C=O) groups excluding carboxylic acids is 2. The minimum atomic E-state index is 0.247. The summed E-state index contributed by atoms with van der Waals surface area (Å²) in [6, 6.07) is 0.305. The van der Waals surface area contributed by atoms with Crippen LogP contribution in [-0.2, 0) is 9.59 Å². The molecule has 3 aliphatic rings. The van der Waals surface area contributed by atoms with E-state index in [4.69, 9.17) is 0 Å². The summed E-state index contributed by atoms with van der Waals surface area (Å²) in [4.78, 5) is 29.2. The average Bonchev–Trinajstić information content (AvgIpc) is 2.93. The maximum Gasteiger partial charge on any atom is 0.236 e. The van der Waals surface area contributed by atoms with E-state index >= 15 is 0 Å². The van der Waals surface area contributed by atoms with E-state index in [0.29, 0.717) is 18.5 Å². The Morgan fingerprint density at radius 2 is 1.36 bits per heavy atom. The number of rotatable bonds is 4. The lowest BCUT2D eigenvalue weighted by molar-refractivity contribution is -0.133. The number of likely N-dealkylation sites (tertiary alicyclic amines) is 2. The summed E-state index contributed by atoms with van der Waals surface area (Å²) < 4.78 is 0. The highest BCUT2D eigenvalue weighted by Crippen LogP contribution is 2.24. The lowest BCUT2D eigenvalue weighted by atomic mass is 9.88. The molecule has 0 aromatic heterocycles. The van der Waals surface area contributed by atoms with Crippen LogP contribution in [0.1, 0.15) is 70.6 Å². The molecular weight excluding hydrogens is 314 g/mol. The van der Waals surface area contributed by atoms with Crippen molar-refractivity contribution in [2.24, 2.45) is 5.92 Å². The summed E-state index contributed by atoms with van der Waals surface area (Å²) in [6.45, 7) is 4.28. The van der Waals surface area contributed by atoms with Crippen molar-refractivity contribution in [3.05, 3.63) is 0 Å². The fourth-order valence-electron chi connectivity index (χ4n) is 4.53. The molecule has 5 heteroatoms. The van der Waals surface area contributed by atoms with Gasteiger partial charge in [0.05, 0.1) is 6.54 Å². The first-order valence-electron chi connectivity index (χ1n) is 10.5. The fourth-order valence-corrected chi connectivity index (χ4v) is 4.53. The van der Waals surface area contributed by atoms with Crippen LogP contribution in [0.15, 0.2) is 0 Å². The van der Waals surface area contributed by atoms with Gasteiger partial charge in [-0.2, -0.15) is 0 Å². The average molecular weight is 350 g/mol. The van der Waals surface area contributed by atoms with Crippen LogP contribution in [0.3, 0.4) is 0 Å². The third-order valence-corrected chi connectivity index (χ3v) is 6.23. The van der Waals surface area contributed by atoms with E-state index in [0.717, 1.165) is 64.7 Å². The lowest BCUT2D eigenvalue weighted by Gasteiger charge is -2.34. The second-order valence-electron chi connectivity index (χ2n) is 8.19. The summed E-state index contributed by atoms with van der Waals surface area (Å²) in [6.07, 6.45) is 12.6. The van der Waals surface area contributed by atoms with E-state index in [9.17, 15) is 9.59 Å². The summed E-state index contributed by atoms with van der Waals surface area (Å²) in [7, 11) is 0. The SMILES string of the molecule is O=C(NC1CCN(CC(=O)N2CCCCCC2)CC1)C1CCCCC1. The molecular formula is C20H35N3O2. The third kappa shape index (κ3) is 5.70. The van der Waals surface area contributed by atoms with Gasteiger partial charge in [0.2, 0.25) is 11.8 Å². The minimum Gasteiger partial charge on any atom is -0.353 e. The van der Waals surface area contributed by atoms with Crippen LogP contribution in [-0.4, -0.2) is 60.4 Å². The Morgan fingerprint density at radius 1 is 0.760 bits per heavy atom. The fraction of sp³-hybridized carbons (Fsp3) is 0.900. The van der Waals surface area contributed by atoms with Crippen LogP contribution in [0, 0.1) is 5.92 Å². The summed E-state index contributed by atoms with van der Waals surface area (Å²) in [5.41, 5.74) is 0. The molecule has 0 bridgehead atoms. The predicted molar refractivity (Wildman–Crippen MR) is 99.2 cm³/mol. The molecule has 1 saturated carbocycles. The highest BCUT2D eigenvalue weighted by Gasteiger charge is 2.27. The van der Waals surface area contributed by atoms with Crippen molar-refractivity contribution in [3.8, 4) is 0 Å². The van der Waals surface area contributed by atoms with Gasteiger partial charge in [-0.15, -0.1) is 0 Å². The van der Waals surface area contributed by atoms with Gasteiger partial charge in [0.25, 0.3) is 0 Å². The number of amides is 2. The standard InChI is InChI=1S/C20H35N3O2/c24-19(23-12-6-1-2-7-13-23)16-22-14-10-18(11-15-22)21-20(25)17-8-4-3-5-9-17/h17-18H,1-16H2,(H,21,25). The minimum absolute atomic E-state index is 0.247. The molecule has 2 aliphatic heterocycles. The zero-order valence-corrected chi connectivity index (χ0v) is 15.7. The van der Waals surface area contributed by atoms with Crippen molar-refractivity contribution < 1.29 is 9.59 Å². The number of piperidine rings is 1. The molecule has 0 spiro atoms. The Bertz CT molecular complexity index is 432. The molecule has 0 atom stereocenters. The lowest BCUT2D eigenvalue weighted by Crippen LogP contribution is -2.49. The normalized spacial score (nSPS) is 24.7. The van der Waals surface area contributed by atoms with Crippen LogP contribution in [0.2, 0.25) is 0 Å². The third-order valence-electron chi connectivity index (χ3n) is 6.23. The van der Waals surface area contributed by atoms with Crippen molar-refractivity contribution in [1.29, 1.82) is 0 Å². The molecule has 5 nitrogen and oxygen atoms in total. The van der Waals surface area contributed by atoms with Gasteiger partial charge in [0, 0.05) is 38.1 Å². The topological polar surface area (TPSA) is 52.7 Å². The van der Waals surface area contributed by atoms with Gasteiger partial charge in [0.1, 0.15) is 0 Å². The Labute approximate surface area is 152 Å². The second-order valence-corrected chi connectivity index (χ2v) is 8.19. The van der Waals surface area contributed by atoms with Gasteiger partial charge in [-0.1, -0.05) is 32.1 Å². The smallest absolute Gasteiger partial charge is 0.236 e. The number of hydrogen-bond acceptors (Lipinski definition) is 3. The summed E-state index contributed by atoms with van der Waals surface area (Å²) in [5.74, 6) is 0.821. The molecule has 142 valence electrons. The van der Waals surface area contributed by atoms with Crippen LogP contribution in [0.25, 0.3) is 0 Å². The molecule has 3 rings (SSSR count). The second kappa shape index (κ2) is 9.56. The van der Waals surface area contributed by atoms with E-state index in [1.807, 2.05) is 0 Å². The number of hydrogen-bond donors (Lipinski definition) is 1. The Hall–Kier alpha value is -1.10. The van der Waals surface area contributed by atoms with Crippen molar-refractivity contribution in [1.82, 2.24) is 15.1 Å². The highest BCUT2D eigenvalue weighted by molar-refractivity contribution is 5.79. The van der Waals surface area contributed by atoms with Crippen molar-refractivity contribution in [3.63, 3.8) is 0 Å². The molecule has 1 N–H and O–H groups in total.